The molecule has 0 radical (unpaired) electrons. The molecular weight excluding hydrogens is 353 g/mol. The molecule has 2 atom stereocenters. The van der Waals surface area contributed by atoms with Crippen molar-refractivity contribution in [2.45, 2.75) is 25.2 Å². The van der Waals surface area contributed by atoms with E-state index in [1.165, 1.54) is 25.3 Å². The van der Waals surface area contributed by atoms with E-state index in [4.69, 9.17) is 19.3 Å². The third kappa shape index (κ3) is 4.75. The smallest absolute Gasteiger partial charge is 0.251 e. The summed E-state index contributed by atoms with van der Waals surface area (Å²) in [5.41, 5.74) is 1.10. The number of ether oxygens (including phenoxy) is 3. The molecule has 0 aliphatic carbocycles. The van der Waals surface area contributed by atoms with E-state index < -0.39 is 5.82 Å². The molecule has 0 bridgehead atoms. The number of nitrogens with one attached hydrogen (secondary N) is 1. The fourth-order valence-electron chi connectivity index (χ4n) is 2.89. The van der Waals surface area contributed by atoms with E-state index in [0.717, 1.165) is 5.56 Å². The highest BCUT2D eigenvalue weighted by molar-refractivity contribution is 5.94. The number of hydrogen-bond donors (Lipinski definition) is 2. The Morgan fingerprint density at radius 2 is 2.07 bits per heavy atom. The van der Waals surface area contributed by atoms with Gasteiger partial charge in [-0.3, -0.25) is 4.79 Å². The van der Waals surface area contributed by atoms with Crippen molar-refractivity contribution in [2.24, 2.45) is 0 Å². The number of halogens is 1. The molecule has 1 amide bonds. The van der Waals surface area contributed by atoms with Gasteiger partial charge in [-0.2, -0.15) is 0 Å². The highest BCUT2D eigenvalue weighted by Crippen LogP contribution is 2.21. The number of aliphatic hydroxyl groups is 1. The Kier molecular flexibility index (Phi) is 6.26. The fourth-order valence-corrected chi connectivity index (χ4v) is 2.89. The maximum atomic E-state index is 13.5. The molecule has 3 rings (SSSR count). The zero-order valence-electron chi connectivity index (χ0n) is 15.0. The molecule has 1 saturated heterocycles. The van der Waals surface area contributed by atoms with Gasteiger partial charge in [-0.1, -0.05) is 12.1 Å². The molecule has 0 spiro atoms. The van der Waals surface area contributed by atoms with Crippen LogP contribution >= 0.6 is 0 Å². The zero-order chi connectivity index (χ0) is 19.2. The summed E-state index contributed by atoms with van der Waals surface area (Å²) in [6.07, 6.45) is 0.244. The summed E-state index contributed by atoms with van der Waals surface area (Å²) in [6, 6.07) is 10.8. The van der Waals surface area contributed by atoms with Crippen molar-refractivity contribution < 1.29 is 28.5 Å². The number of benzene rings is 2. The van der Waals surface area contributed by atoms with Crippen molar-refractivity contribution in [1.82, 2.24) is 5.32 Å². The van der Waals surface area contributed by atoms with E-state index in [9.17, 15) is 9.18 Å². The van der Waals surface area contributed by atoms with E-state index in [-0.39, 0.29) is 30.4 Å². The maximum absolute atomic E-state index is 13.5. The summed E-state index contributed by atoms with van der Waals surface area (Å²) in [5.74, 6) is -0.200. The molecule has 0 unspecified atom stereocenters. The molecule has 0 aromatic heterocycles. The Morgan fingerprint density at radius 3 is 2.78 bits per heavy atom. The van der Waals surface area contributed by atoms with Crippen LogP contribution < -0.4 is 14.8 Å². The Morgan fingerprint density at radius 1 is 1.30 bits per heavy atom. The molecule has 6 nitrogen and oxygen atoms in total. The number of amides is 1. The molecule has 2 aromatic carbocycles. The zero-order valence-corrected chi connectivity index (χ0v) is 15.0. The monoisotopic (exact) mass is 375 g/mol. The second-order valence-electron chi connectivity index (χ2n) is 6.25. The quantitative estimate of drug-likeness (QED) is 0.810. The standard InChI is InChI=1S/C20H22FNO5/c1-25-18-10-14(4-7-16(18)21)20(24)22-17-8-9-26-12-19(17)27-15-5-2-13(11-23)3-6-15/h2-7,10,17,19,23H,8-9,11-12H2,1H3,(H,22,24)/t17-,19-/m1/s1. The van der Waals surface area contributed by atoms with E-state index in [0.29, 0.717) is 30.9 Å². The van der Waals surface area contributed by atoms with E-state index in [1.54, 1.807) is 24.3 Å². The predicted octanol–water partition coefficient (Wildman–Crippen LogP) is 2.29. The molecule has 0 saturated carbocycles. The van der Waals surface area contributed by atoms with Gasteiger partial charge in [0.2, 0.25) is 0 Å². The minimum Gasteiger partial charge on any atom is -0.494 e. The van der Waals surface area contributed by atoms with Gasteiger partial charge in [0, 0.05) is 12.2 Å². The van der Waals surface area contributed by atoms with Gasteiger partial charge in [0.25, 0.3) is 5.91 Å². The van der Waals surface area contributed by atoms with Crippen LogP contribution in [-0.2, 0) is 11.3 Å². The molecule has 2 N–H and O–H groups in total. The third-order valence-electron chi connectivity index (χ3n) is 4.43. The first-order valence-corrected chi connectivity index (χ1v) is 8.69. The van der Waals surface area contributed by atoms with Crippen LogP contribution in [0.5, 0.6) is 11.5 Å². The van der Waals surface area contributed by atoms with Crippen LogP contribution in [0.1, 0.15) is 22.3 Å². The van der Waals surface area contributed by atoms with Gasteiger partial charge in [-0.15, -0.1) is 0 Å². The minimum absolute atomic E-state index is 0.0198. The van der Waals surface area contributed by atoms with Gasteiger partial charge in [0.15, 0.2) is 11.6 Å². The summed E-state index contributed by atoms with van der Waals surface area (Å²) < 4.78 is 29.9. The lowest BCUT2D eigenvalue weighted by atomic mass is 10.0. The van der Waals surface area contributed by atoms with Gasteiger partial charge in [-0.25, -0.2) is 4.39 Å². The van der Waals surface area contributed by atoms with Gasteiger partial charge in [0.05, 0.1) is 26.4 Å². The van der Waals surface area contributed by atoms with Crippen LogP contribution in [0.3, 0.4) is 0 Å². The lowest BCUT2D eigenvalue weighted by Gasteiger charge is -2.32. The fraction of sp³-hybridized carbons (Fsp3) is 0.350. The van der Waals surface area contributed by atoms with Gasteiger partial charge in [0.1, 0.15) is 11.9 Å². The van der Waals surface area contributed by atoms with Crippen molar-refractivity contribution in [3.8, 4) is 11.5 Å². The lowest BCUT2D eigenvalue weighted by molar-refractivity contribution is -0.0135. The second-order valence-corrected chi connectivity index (χ2v) is 6.25. The van der Waals surface area contributed by atoms with Crippen LogP contribution in [0, 0.1) is 5.82 Å². The van der Waals surface area contributed by atoms with E-state index >= 15 is 0 Å². The molecule has 1 aliphatic rings. The maximum Gasteiger partial charge on any atom is 0.251 e. The van der Waals surface area contributed by atoms with Crippen molar-refractivity contribution in [2.75, 3.05) is 20.3 Å². The molecule has 2 aromatic rings. The van der Waals surface area contributed by atoms with Crippen LogP contribution in [0.4, 0.5) is 4.39 Å². The van der Waals surface area contributed by atoms with Crippen molar-refractivity contribution in [1.29, 1.82) is 0 Å². The average molecular weight is 375 g/mol. The second kappa shape index (κ2) is 8.83. The Hall–Kier alpha value is -2.64. The molecule has 7 heteroatoms. The van der Waals surface area contributed by atoms with E-state index in [1.807, 2.05) is 0 Å². The van der Waals surface area contributed by atoms with Crippen molar-refractivity contribution in [3.63, 3.8) is 0 Å². The van der Waals surface area contributed by atoms with Gasteiger partial charge < -0.3 is 24.6 Å². The van der Waals surface area contributed by atoms with Gasteiger partial charge in [-0.05, 0) is 42.3 Å². The summed E-state index contributed by atoms with van der Waals surface area (Å²) in [7, 11) is 1.35. The first kappa shape index (κ1) is 19.1. The molecule has 1 fully saturated rings. The Labute approximate surface area is 156 Å². The summed E-state index contributed by atoms with van der Waals surface area (Å²) in [5, 5.41) is 12.1. The number of methoxy groups -OCH3 is 1. The van der Waals surface area contributed by atoms with Crippen LogP contribution in [-0.4, -0.2) is 43.5 Å². The first-order valence-electron chi connectivity index (χ1n) is 8.69. The van der Waals surface area contributed by atoms with Crippen LogP contribution in [0.2, 0.25) is 0 Å². The van der Waals surface area contributed by atoms with Crippen LogP contribution in [0.15, 0.2) is 42.5 Å². The summed E-state index contributed by atoms with van der Waals surface area (Å²) >= 11 is 0. The number of hydrogen-bond acceptors (Lipinski definition) is 5. The van der Waals surface area contributed by atoms with Crippen molar-refractivity contribution >= 4 is 5.91 Å². The number of carbonyl (C=O) groups excluding carboxylic acids is 1. The normalized spacial score (nSPS) is 19.4. The van der Waals surface area contributed by atoms with E-state index in [2.05, 4.69) is 5.32 Å². The SMILES string of the molecule is COc1cc(C(=O)N[C@@H]2CCOC[C@H]2Oc2ccc(CO)cc2)ccc1F. The van der Waals surface area contributed by atoms with Crippen molar-refractivity contribution in [3.05, 3.63) is 59.4 Å². The molecule has 1 aliphatic heterocycles. The Bertz CT molecular complexity index is 780. The summed E-state index contributed by atoms with van der Waals surface area (Å²) in [6.45, 7) is 0.826. The summed E-state index contributed by atoms with van der Waals surface area (Å²) in [4.78, 5) is 12.6. The number of rotatable bonds is 6. The van der Waals surface area contributed by atoms with Crippen LogP contribution in [0.25, 0.3) is 0 Å². The number of aliphatic hydroxyl groups excluding tert-OH is 1. The number of carbonyl (C=O) groups is 1. The minimum atomic E-state index is -0.521. The Balaban J connectivity index is 1.68. The largest absolute Gasteiger partial charge is 0.494 e. The first-order chi connectivity index (χ1) is 13.1. The van der Waals surface area contributed by atoms with Gasteiger partial charge >= 0.3 is 0 Å². The molecule has 27 heavy (non-hydrogen) atoms. The topological polar surface area (TPSA) is 77.0 Å². The molecule has 144 valence electrons. The predicted molar refractivity (Wildman–Crippen MR) is 96.4 cm³/mol. The third-order valence-corrected chi connectivity index (χ3v) is 4.43. The highest BCUT2D eigenvalue weighted by Gasteiger charge is 2.29. The molecule has 1 heterocycles. The average Bonchev–Trinajstić information content (AvgIpc) is 2.70. The highest BCUT2D eigenvalue weighted by atomic mass is 19.1. The molecular formula is C20H22FNO5. The lowest BCUT2D eigenvalue weighted by Crippen LogP contribution is -2.51.